The lowest BCUT2D eigenvalue weighted by atomic mass is 10.2. The molecule has 0 bridgehead atoms. The van der Waals surface area contributed by atoms with Gasteiger partial charge in [0.15, 0.2) is 5.57 Å². The van der Waals surface area contributed by atoms with Crippen molar-refractivity contribution in [3.8, 4) is 5.75 Å². The maximum Gasteiger partial charge on any atom is 0.350 e. The molecule has 0 unspecified atom stereocenters. The van der Waals surface area contributed by atoms with Crippen molar-refractivity contribution in [1.82, 2.24) is 0 Å². The van der Waals surface area contributed by atoms with Gasteiger partial charge in [-0.1, -0.05) is 6.92 Å². The monoisotopic (exact) mass is 428 g/mol. The van der Waals surface area contributed by atoms with Gasteiger partial charge in [0.1, 0.15) is 11.4 Å². The number of cyclic esters (lactones) is 2. The second-order valence-electron chi connectivity index (χ2n) is 5.79. The zero-order chi connectivity index (χ0) is 19.5. The van der Waals surface area contributed by atoms with Gasteiger partial charge in [-0.15, -0.1) is 0 Å². The second kappa shape index (κ2) is 7.73. The van der Waals surface area contributed by atoms with Crippen LogP contribution in [0, 0.1) is 10.1 Å². The molecule has 0 aromatic heterocycles. The van der Waals surface area contributed by atoms with Crippen LogP contribution in [0.1, 0.15) is 27.2 Å². The number of nitro benzene ring substituents is 1. The van der Waals surface area contributed by atoms with E-state index in [0.29, 0.717) is 16.8 Å². The lowest BCUT2D eigenvalue weighted by Crippen LogP contribution is -2.42. The molecule has 1 aromatic carbocycles. The molecule has 140 valence electrons. The van der Waals surface area contributed by atoms with E-state index >= 15 is 0 Å². The van der Waals surface area contributed by atoms with Crippen molar-refractivity contribution < 1.29 is 28.7 Å². The quantitative estimate of drug-likeness (QED) is 0.241. The molecule has 1 N–H and O–H groups in total. The first-order chi connectivity index (χ1) is 12.1. The van der Waals surface area contributed by atoms with E-state index in [2.05, 4.69) is 21.2 Å². The molecule has 10 heteroatoms. The van der Waals surface area contributed by atoms with Crippen molar-refractivity contribution in [3.63, 3.8) is 0 Å². The molecule has 9 nitrogen and oxygen atoms in total. The second-order valence-corrected chi connectivity index (χ2v) is 6.64. The molecule has 0 aliphatic carbocycles. The van der Waals surface area contributed by atoms with E-state index < -0.39 is 28.2 Å². The number of halogens is 1. The van der Waals surface area contributed by atoms with Crippen LogP contribution in [0.2, 0.25) is 0 Å². The van der Waals surface area contributed by atoms with Crippen LogP contribution in [0.3, 0.4) is 0 Å². The number of nitro groups is 1. The highest BCUT2D eigenvalue weighted by molar-refractivity contribution is 9.10. The number of benzene rings is 1. The lowest BCUT2D eigenvalue weighted by Gasteiger charge is -2.29. The third-order valence-electron chi connectivity index (χ3n) is 3.20. The van der Waals surface area contributed by atoms with Crippen molar-refractivity contribution in [2.24, 2.45) is 0 Å². The average Bonchev–Trinajstić information content (AvgIpc) is 2.52. The van der Waals surface area contributed by atoms with Gasteiger partial charge in [0.2, 0.25) is 0 Å². The molecule has 0 saturated carbocycles. The number of hydrogen-bond acceptors (Lipinski definition) is 8. The molecule has 1 aromatic rings. The number of nitrogens with one attached hydrogen (secondary N) is 1. The molecular weight excluding hydrogens is 412 g/mol. The standard InChI is InChI=1S/C16H17BrN2O7/c1-4-5-24-13-7-11(12(19(22)23)6-10(13)17)18-8-9-14(20)25-16(2,3)26-15(9)21/h6-8,18H,4-5H2,1-3H3. The molecule has 2 rings (SSSR count). The lowest BCUT2D eigenvalue weighted by molar-refractivity contribution is -0.384. The number of rotatable bonds is 6. The normalized spacial score (nSPS) is 15.8. The fourth-order valence-corrected chi connectivity index (χ4v) is 2.51. The summed E-state index contributed by atoms with van der Waals surface area (Å²) in [7, 11) is 0. The first-order valence-electron chi connectivity index (χ1n) is 7.68. The summed E-state index contributed by atoms with van der Waals surface area (Å²) in [6, 6.07) is 2.67. The molecule has 1 heterocycles. The van der Waals surface area contributed by atoms with Crippen LogP contribution < -0.4 is 10.1 Å². The molecule has 1 saturated heterocycles. The Morgan fingerprint density at radius 2 is 1.92 bits per heavy atom. The number of esters is 2. The SMILES string of the molecule is CCCOc1cc(NC=C2C(=O)OC(C)(C)OC2=O)c([N+](=O)[O-])cc1Br. The number of carbonyl (C=O) groups excluding carboxylic acids is 2. The summed E-state index contributed by atoms with van der Waals surface area (Å²) < 4.78 is 15.8. The highest BCUT2D eigenvalue weighted by atomic mass is 79.9. The van der Waals surface area contributed by atoms with Gasteiger partial charge in [-0.3, -0.25) is 10.1 Å². The van der Waals surface area contributed by atoms with Crippen molar-refractivity contribution in [1.29, 1.82) is 0 Å². The van der Waals surface area contributed by atoms with Crippen LogP contribution >= 0.6 is 15.9 Å². The topological polar surface area (TPSA) is 117 Å². The molecule has 1 fully saturated rings. The Kier molecular flexibility index (Phi) is 5.86. The predicted octanol–water partition coefficient (Wildman–Crippen LogP) is 3.28. The molecule has 26 heavy (non-hydrogen) atoms. The van der Waals surface area contributed by atoms with Gasteiger partial charge in [-0.05, 0) is 22.4 Å². The van der Waals surface area contributed by atoms with E-state index in [1.165, 1.54) is 26.0 Å². The maximum atomic E-state index is 11.9. The zero-order valence-corrected chi connectivity index (χ0v) is 15.9. The minimum atomic E-state index is -1.36. The van der Waals surface area contributed by atoms with Gasteiger partial charge < -0.3 is 19.5 Å². The van der Waals surface area contributed by atoms with Crippen molar-refractivity contribution in [2.75, 3.05) is 11.9 Å². The van der Waals surface area contributed by atoms with E-state index in [1.54, 1.807) is 0 Å². The minimum absolute atomic E-state index is 0.0437. The summed E-state index contributed by atoms with van der Waals surface area (Å²) in [4.78, 5) is 34.5. The number of anilines is 1. The van der Waals surface area contributed by atoms with Gasteiger partial charge >= 0.3 is 11.9 Å². The van der Waals surface area contributed by atoms with E-state index in [-0.39, 0.29) is 11.4 Å². The van der Waals surface area contributed by atoms with E-state index in [9.17, 15) is 19.7 Å². The van der Waals surface area contributed by atoms with E-state index in [1.807, 2.05) is 6.92 Å². The molecular formula is C16H17BrN2O7. The Morgan fingerprint density at radius 1 is 1.31 bits per heavy atom. The molecule has 0 amide bonds. The van der Waals surface area contributed by atoms with Crippen LogP contribution in [0.15, 0.2) is 28.4 Å². The summed E-state index contributed by atoms with van der Waals surface area (Å²) in [5.41, 5.74) is -0.629. The van der Waals surface area contributed by atoms with E-state index in [4.69, 9.17) is 14.2 Å². The van der Waals surface area contributed by atoms with Crippen LogP contribution in [-0.4, -0.2) is 29.3 Å². The first kappa shape index (κ1) is 19.7. The maximum absolute atomic E-state index is 11.9. The molecule has 0 spiro atoms. The highest BCUT2D eigenvalue weighted by Gasteiger charge is 2.39. The molecule has 1 aliphatic rings. The number of carbonyl (C=O) groups is 2. The van der Waals surface area contributed by atoms with Gasteiger partial charge in [-0.25, -0.2) is 9.59 Å². The van der Waals surface area contributed by atoms with Gasteiger partial charge in [0, 0.05) is 32.2 Å². The predicted molar refractivity (Wildman–Crippen MR) is 94.6 cm³/mol. The molecule has 1 aliphatic heterocycles. The van der Waals surface area contributed by atoms with E-state index in [0.717, 1.165) is 12.6 Å². The molecule has 0 radical (unpaired) electrons. The average molecular weight is 429 g/mol. The summed E-state index contributed by atoms with van der Waals surface area (Å²) in [5.74, 6) is -2.76. The van der Waals surface area contributed by atoms with Crippen LogP contribution in [0.25, 0.3) is 0 Å². The number of ether oxygens (including phenoxy) is 3. The number of hydrogen-bond donors (Lipinski definition) is 1. The van der Waals surface area contributed by atoms with Crippen LogP contribution in [0.5, 0.6) is 5.75 Å². The van der Waals surface area contributed by atoms with Gasteiger partial charge in [-0.2, -0.15) is 0 Å². The Morgan fingerprint density at radius 3 is 2.46 bits per heavy atom. The van der Waals surface area contributed by atoms with Crippen LogP contribution in [-0.2, 0) is 19.1 Å². The van der Waals surface area contributed by atoms with Gasteiger partial charge in [0.05, 0.1) is 16.0 Å². The third-order valence-corrected chi connectivity index (χ3v) is 3.82. The number of nitrogens with zero attached hydrogens (tertiary/aromatic N) is 1. The Balaban J connectivity index is 2.34. The summed E-state index contributed by atoms with van der Waals surface area (Å²) in [6.07, 6.45) is 1.77. The summed E-state index contributed by atoms with van der Waals surface area (Å²) >= 11 is 3.22. The third kappa shape index (κ3) is 4.51. The Bertz CT molecular complexity index is 767. The van der Waals surface area contributed by atoms with Crippen LogP contribution in [0.4, 0.5) is 11.4 Å². The zero-order valence-electron chi connectivity index (χ0n) is 14.3. The summed E-state index contributed by atoms with van der Waals surface area (Å²) in [6.45, 7) is 5.18. The summed E-state index contributed by atoms with van der Waals surface area (Å²) in [5, 5.41) is 13.9. The highest BCUT2D eigenvalue weighted by Crippen LogP contribution is 2.36. The first-order valence-corrected chi connectivity index (χ1v) is 8.48. The van der Waals surface area contributed by atoms with Crippen molar-refractivity contribution in [2.45, 2.75) is 33.0 Å². The minimum Gasteiger partial charge on any atom is -0.492 e. The molecule has 0 atom stereocenters. The van der Waals surface area contributed by atoms with Crippen molar-refractivity contribution >= 4 is 39.2 Å². The Labute approximate surface area is 157 Å². The van der Waals surface area contributed by atoms with Crippen molar-refractivity contribution in [3.05, 3.63) is 38.5 Å². The Hall–Kier alpha value is -2.62. The van der Waals surface area contributed by atoms with Gasteiger partial charge in [0.25, 0.3) is 11.5 Å². The smallest absolute Gasteiger partial charge is 0.350 e. The fourth-order valence-electron chi connectivity index (χ4n) is 2.06. The largest absolute Gasteiger partial charge is 0.492 e. The fraction of sp³-hybridized carbons (Fsp3) is 0.375.